The zero-order valence-electron chi connectivity index (χ0n) is 12.7. The predicted octanol–water partition coefficient (Wildman–Crippen LogP) is 3.02. The molecular weight excluding hydrogens is 300 g/mol. The molecule has 2 N–H and O–H groups in total. The van der Waals surface area contributed by atoms with Crippen LogP contribution in [0.3, 0.4) is 0 Å². The number of anilines is 1. The maximum atomic E-state index is 12.5. The average molecular weight is 320 g/mol. The van der Waals surface area contributed by atoms with Gasteiger partial charge in [0.2, 0.25) is 5.91 Å². The molecule has 0 aliphatic heterocycles. The summed E-state index contributed by atoms with van der Waals surface area (Å²) in [5, 5.41) is 15.4. The first kappa shape index (κ1) is 16.6. The Bertz CT molecular complexity index is 600. The molecule has 1 amide bonds. The van der Waals surface area contributed by atoms with E-state index in [-0.39, 0.29) is 23.7 Å². The summed E-state index contributed by atoms with van der Waals surface area (Å²) in [4.78, 5) is 12.5. The summed E-state index contributed by atoms with van der Waals surface area (Å²) >= 11 is 1.51. The Morgan fingerprint density at radius 3 is 2.73 bits per heavy atom. The minimum absolute atomic E-state index is 0.110. The molecule has 0 saturated carbocycles. The number of hydrogen-bond acceptors (Lipinski definition) is 5. The second kappa shape index (κ2) is 8.00. The Hall–Kier alpha value is -1.79. The normalized spacial score (nSPS) is 13.6. The molecule has 0 radical (unpaired) electrons. The summed E-state index contributed by atoms with van der Waals surface area (Å²) < 4.78 is 4.96. The summed E-state index contributed by atoms with van der Waals surface area (Å²) in [6, 6.07) is 11.3. The number of thioether (sulfide) groups is 1. The fourth-order valence-electron chi connectivity index (χ4n) is 1.88. The van der Waals surface area contributed by atoms with Crippen molar-refractivity contribution >= 4 is 23.5 Å². The summed E-state index contributed by atoms with van der Waals surface area (Å²) in [5.41, 5.74) is 0.926. The van der Waals surface area contributed by atoms with Gasteiger partial charge in [-0.2, -0.15) is 0 Å². The largest absolute Gasteiger partial charge is 0.396 e. The van der Waals surface area contributed by atoms with Gasteiger partial charge in [-0.1, -0.05) is 42.4 Å². The lowest BCUT2D eigenvalue weighted by Gasteiger charge is -2.17. The van der Waals surface area contributed by atoms with Crippen LogP contribution in [0, 0.1) is 12.8 Å². The molecule has 0 aliphatic rings. The van der Waals surface area contributed by atoms with Gasteiger partial charge in [0.15, 0.2) is 5.82 Å². The standard InChI is InChI=1S/C16H20N2O3S/c1-11(9-19)10-22-15(13-6-4-3-5-7-13)16(20)17-14-8-12(2)21-18-14/h3-8,11,15,19H,9-10H2,1-2H3,(H,17,18,20). The quantitative estimate of drug-likeness (QED) is 0.820. The molecule has 2 atom stereocenters. The number of benzene rings is 1. The van der Waals surface area contributed by atoms with E-state index in [1.165, 1.54) is 11.8 Å². The zero-order chi connectivity index (χ0) is 15.9. The molecule has 0 aliphatic carbocycles. The molecule has 2 aromatic rings. The molecule has 2 rings (SSSR count). The van der Waals surface area contributed by atoms with Crippen molar-refractivity contribution in [1.82, 2.24) is 5.16 Å². The van der Waals surface area contributed by atoms with Crippen molar-refractivity contribution in [1.29, 1.82) is 0 Å². The molecule has 1 aromatic carbocycles. The monoisotopic (exact) mass is 320 g/mol. The van der Waals surface area contributed by atoms with Gasteiger partial charge in [-0.15, -0.1) is 11.8 Å². The number of hydrogen-bond donors (Lipinski definition) is 2. The maximum Gasteiger partial charge on any atom is 0.243 e. The van der Waals surface area contributed by atoms with Crippen LogP contribution in [0.2, 0.25) is 0 Å². The number of carbonyl (C=O) groups is 1. The van der Waals surface area contributed by atoms with E-state index in [9.17, 15) is 4.79 Å². The average Bonchev–Trinajstić information content (AvgIpc) is 2.93. The third-order valence-electron chi connectivity index (χ3n) is 3.08. The molecule has 5 nitrogen and oxygen atoms in total. The van der Waals surface area contributed by atoms with E-state index < -0.39 is 0 Å². The lowest BCUT2D eigenvalue weighted by atomic mass is 10.1. The van der Waals surface area contributed by atoms with E-state index in [1.54, 1.807) is 13.0 Å². The van der Waals surface area contributed by atoms with Crippen molar-refractivity contribution in [3.63, 3.8) is 0 Å². The maximum absolute atomic E-state index is 12.5. The second-order valence-corrected chi connectivity index (χ2v) is 6.36. The highest BCUT2D eigenvalue weighted by Gasteiger charge is 2.22. The van der Waals surface area contributed by atoms with Gasteiger partial charge in [0.25, 0.3) is 0 Å². The minimum atomic E-state index is -0.354. The fraction of sp³-hybridized carbons (Fsp3) is 0.375. The first-order chi connectivity index (χ1) is 10.6. The topological polar surface area (TPSA) is 75.4 Å². The molecule has 0 bridgehead atoms. The Morgan fingerprint density at radius 1 is 1.41 bits per heavy atom. The number of aliphatic hydroxyl groups is 1. The first-order valence-corrected chi connectivity index (χ1v) is 8.16. The lowest BCUT2D eigenvalue weighted by molar-refractivity contribution is -0.115. The van der Waals surface area contributed by atoms with Crippen LogP contribution in [-0.4, -0.2) is 28.5 Å². The van der Waals surface area contributed by atoms with E-state index in [0.29, 0.717) is 17.3 Å². The van der Waals surface area contributed by atoms with E-state index >= 15 is 0 Å². The summed E-state index contributed by atoms with van der Waals surface area (Å²) in [7, 11) is 0. The highest BCUT2D eigenvalue weighted by atomic mass is 32.2. The van der Waals surface area contributed by atoms with E-state index in [4.69, 9.17) is 9.63 Å². The van der Waals surface area contributed by atoms with Crippen LogP contribution in [0.5, 0.6) is 0 Å². The highest BCUT2D eigenvalue weighted by Crippen LogP contribution is 2.31. The first-order valence-electron chi connectivity index (χ1n) is 7.11. The van der Waals surface area contributed by atoms with Gasteiger partial charge in [0.1, 0.15) is 11.0 Å². The van der Waals surface area contributed by atoms with Crippen LogP contribution >= 0.6 is 11.8 Å². The van der Waals surface area contributed by atoms with Gasteiger partial charge in [-0.3, -0.25) is 4.79 Å². The Labute approximate surface area is 134 Å². The Balaban J connectivity index is 2.10. The highest BCUT2D eigenvalue weighted by molar-refractivity contribution is 8.00. The van der Waals surface area contributed by atoms with Crippen LogP contribution in [0.1, 0.15) is 23.5 Å². The molecule has 1 heterocycles. The third-order valence-corrected chi connectivity index (χ3v) is 4.66. The van der Waals surface area contributed by atoms with E-state index in [2.05, 4.69) is 10.5 Å². The molecule has 2 unspecified atom stereocenters. The number of aliphatic hydroxyl groups excluding tert-OH is 1. The number of aromatic nitrogens is 1. The van der Waals surface area contributed by atoms with Crippen molar-refractivity contribution in [2.75, 3.05) is 17.7 Å². The van der Waals surface area contributed by atoms with Crippen molar-refractivity contribution in [2.24, 2.45) is 5.92 Å². The molecule has 6 heteroatoms. The summed E-state index contributed by atoms with van der Waals surface area (Å²) in [6.07, 6.45) is 0. The molecule has 0 saturated heterocycles. The van der Waals surface area contributed by atoms with Gasteiger partial charge >= 0.3 is 0 Å². The van der Waals surface area contributed by atoms with Crippen molar-refractivity contribution < 1.29 is 14.4 Å². The molecule has 1 aromatic heterocycles. The van der Waals surface area contributed by atoms with Gasteiger partial charge in [0, 0.05) is 12.7 Å². The van der Waals surface area contributed by atoms with Gasteiger partial charge in [0.05, 0.1) is 0 Å². The van der Waals surface area contributed by atoms with Gasteiger partial charge in [-0.05, 0) is 24.2 Å². The van der Waals surface area contributed by atoms with Gasteiger partial charge in [-0.25, -0.2) is 0 Å². The molecule has 0 spiro atoms. The number of nitrogens with zero attached hydrogens (tertiary/aromatic N) is 1. The lowest BCUT2D eigenvalue weighted by Crippen LogP contribution is -2.20. The number of carbonyl (C=O) groups excluding carboxylic acids is 1. The number of rotatable bonds is 7. The summed E-state index contributed by atoms with van der Waals surface area (Å²) in [6.45, 7) is 3.83. The Morgan fingerprint density at radius 2 is 2.14 bits per heavy atom. The Kier molecular flexibility index (Phi) is 6.03. The van der Waals surface area contributed by atoms with Crippen LogP contribution < -0.4 is 5.32 Å². The molecule has 22 heavy (non-hydrogen) atoms. The second-order valence-electron chi connectivity index (χ2n) is 5.22. The third kappa shape index (κ3) is 4.61. The molecule has 0 fully saturated rings. The van der Waals surface area contributed by atoms with Crippen molar-refractivity contribution in [3.8, 4) is 0 Å². The van der Waals surface area contributed by atoms with Crippen LogP contribution in [-0.2, 0) is 4.79 Å². The minimum Gasteiger partial charge on any atom is -0.396 e. The number of amides is 1. The van der Waals surface area contributed by atoms with Crippen LogP contribution in [0.25, 0.3) is 0 Å². The van der Waals surface area contributed by atoms with Crippen molar-refractivity contribution in [2.45, 2.75) is 19.1 Å². The van der Waals surface area contributed by atoms with Crippen LogP contribution in [0.4, 0.5) is 5.82 Å². The number of aryl methyl sites for hydroxylation is 1. The SMILES string of the molecule is Cc1cc(NC(=O)C(SCC(C)CO)c2ccccc2)no1. The number of nitrogens with one attached hydrogen (secondary N) is 1. The summed E-state index contributed by atoms with van der Waals surface area (Å²) in [5.74, 6) is 1.75. The van der Waals surface area contributed by atoms with E-state index in [1.807, 2.05) is 37.3 Å². The predicted molar refractivity (Wildman–Crippen MR) is 87.8 cm³/mol. The van der Waals surface area contributed by atoms with E-state index in [0.717, 1.165) is 5.56 Å². The zero-order valence-corrected chi connectivity index (χ0v) is 13.5. The molecular formula is C16H20N2O3S. The van der Waals surface area contributed by atoms with Gasteiger partial charge < -0.3 is 14.9 Å². The van der Waals surface area contributed by atoms with Crippen LogP contribution in [0.15, 0.2) is 40.9 Å². The van der Waals surface area contributed by atoms with Crippen molar-refractivity contribution in [3.05, 3.63) is 47.7 Å². The fourth-order valence-corrected chi connectivity index (χ4v) is 3.07. The smallest absolute Gasteiger partial charge is 0.243 e. The molecule has 118 valence electrons.